The molecule has 3 rings (SSSR count). The van der Waals surface area contributed by atoms with Gasteiger partial charge in [0.2, 0.25) is 5.91 Å². The smallest absolute Gasteiger partial charge is 0.365 e. The first-order valence-corrected chi connectivity index (χ1v) is 10.2. The molecule has 30 heavy (non-hydrogen) atoms. The van der Waals surface area contributed by atoms with E-state index < -0.39 is 11.7 Å². The van der Waals surface area contributed by atoms with Crippen LogP contribution in [0.4, 0.5) is 18.9 Å². The van der Waals surface area contributed by atoms with E-state index in [0.29, 0.717) is 6.54 Å². The fraction of sp³-hybridized carbons (Fsp3) is 0.435. The second-order valence-electron chi connectivity index (χ2n) is 7.94. The Morgan fingerprint density at radius 1 is 1.13 bits per heavy atom. The number of nitrogens with zero attached hydrogens (tertiary/aromatic N) is 2. The van der Waals surface area contributed by atoms with Gasteiger partial charge in [-0.2, -0.15) is 13.2 Å². The Morgan fingerprint density at radius 3 is 2.43 bits per heavy atom. The van der Waals surface area contributed by atoms with Crippen LogP contribution >= 0.6 is 0 Å². The maximum atomic E-state index is 12.9. The average Bonchev–Trinajstić information content (AvgIpc) is 2.72. The van der Waals surface area contributed by atoms with Crippen molar-refractivity contribution in [2.24, 2.45) is 5.92 Å². The molecule has 2 aromatic carbocycles. The molecule has 162 valence electrons. The third-order valence-electron chi connectivity index (χ3n) is 5.73. The number of halogens is 3. The highest BCUT2D eigenvalue weighted by atomic mass is 19.4. The van der Waals surface area contributed by atoms with Crippen LogP contribution in [0.2, 0.25) is 0 Å². The summed E-state index contributed by atoms with van der Waals surface area (Å²) < 4.78 is 38.7. The quantitative estimate of drug-likeness (QED) is 0.757. The second-order valence-corrected chi connectivity index (χ2v) is 7.94. The van der Waals surface area contributed by atoms with E-state index in [0.717, 1.165) is 42.8 Å². The van der Waals surface area contributed by atoms with Crippen LogP contribution in [-0.4, -0.2) is 44.5 Å². The molecule has 0 bridgehead atoms. The minimum Gasteiger partial charge on any atom is -0.365 e. The third kappa shape index (κ3) is 5.53. The number of benzene rings is 2. The minimum atomic E-state index is -4.34. The van der Waals surface area contributed by atoms with Crippen LogP contribution in [0.15, 0.2) is 54.6 Å². The van der Waals surface area contributed by atoms with Crippen LogP contribution in [0.25, 0.3) is 0 Å². The lowest BCUT2D eigenvalue weighted by atomic mass is 9.84. The third-order valence-corrected chi connectivity index (χ3v) is 5.73. The number of carbonyl (C=O) groups is 1. The molecule has 4 nitrogen and oxygen atoms in total. The fourth-order valence-electron chi connectivity index (χ4n) is 4.16. The summed E-state index contributed by atoms with van der Waals surface area (Å²) in [4.78, 5) is 16.5. The first kappa shape index (κ1) is 22.2. The lowest BCUT2D eigenvalue weighted by Gasteiger charge is -2.40. The van der Waals surface area contributed by atoms with Crippen LogP contribution in [0.3, 0.4) is 0 Å². The lowest BCUT2D eigenvalue weighted by Crippen LogP contribution is -2.43. The van der Waals surface area contributed by atoms with Gasteiger partial charge in [0.1, 0.15) is 0 Å². The van der Waals surface area contributed by atoms with Crippen LogP contribution < -0.4 is 10.2 Å². The van der Waals surface area contributed by atoms with Gasteiger partial charge in [-0.1, -0.05) is 30.3 Å². The summed E-state index contributed by atoms with van der Waals surface area (Å²) in [7, 11) is 3.85. The summed E-state index contributed by atoms with van der Waals surface area (Å²) in [5, 5.41) is 3.02. The molecule has 1 fully saturated rings. The van der Waals surface area contributed by atoms with Crippen LogP contribution in [0.5, 0.6) is 0 Å². The summed E-state index contributed by atoms with van der Waals surface area (Å²) in [6, 6.07) is 15.1. The van der Waals surface area contributed by atoms with E-state index in [1.54, 1.807) is 12.1 Å². The number of alkyl halides is 3. The molecule has 2 aromatic rings. The van der Waals surface area contributed by atoms with Gasteiger partial charge in [-0.15, -0.1) is 0 Å². The van der Waals surface area contributed by atoms with E-state index in [9.17, 15) is 18.0 Å². The number of hydrogen-bond donors (Lipinski definition) is 1. The number of nitrogens with one attached hydrogen (secondary N) is 1. The maximum Gasteiger partial charge on any atom is 0.416 e. The summed E-state index contributed by atoms with van der Waals surface area (Å²) >= 11 is 0. The van der Waals surface area contributed by atoms with E-state index >= 15 is 0 Å². The molecule has 0 spiro atoms. The van der Waals surface area contributed by atoms with E-state index in [4.69, 9.17) is 0 Å². The molecule has 0 aromatic heterocycles. The standard InChI is InChI=1S/C23H28F3N3O/c1-28-14-6-7-18(22(28)17-10-12-19(13-11-17)23(24,25)26)15-27-21(30)16-29(2)20-8-4-3-5-9-20/h3-5,8-13,18,22H,6-7,14-16H2,1-2H3,(H,27,30). The van der Waals surface area contributed by atoms with E-state index in [1.807, 2.05) is 49.3 Å². The largest absolute Gasteiger partial charge is 0.416 e. The Kier molecular flexibility index (Phi) is 7.02. The van der Waals surface area contributed by atoms with Gasteiger partial charge in [0.25, 0.3) is 0 Å². The van der Waals surface area contributed by atoms with Crippen molar-refractivity contribution in [1.82, 2.24) is 10.2 Å². The molecule has 1 saturated heterocycles. The van der Waals surface area contributed by atoms with Gasteiger partial charge in [-0.05, 0) is 62.2 Å². The van der Waals surface area contributed by atoms with E-state index in [-0.39, 0.29) is 24.4 Å². The van der Waals surface area contributed by atoms with Gasteiger partial charge in [0, 0.05) is 25.3 Å². The summed E-state index contributed by atoms with van der Waals surface area (Å²) in [5.74, 6) is 0.0761. The highest BCUT2D eigenvalue weighted by Crippen LogP contribution is 2.36. The van der Waals surface area contributed by atoms with Gasteiger partial charge in [0.05, 0.1) is 12.1 Å². The number of rotatable bonds is 6. The second kappa shape index (κ2) is 9.51. The van der Waals surface area contributed by atoms with Crippen molar-refractivity contribution in [1.29, 1.82) is 0 Å². The van der Waals surface area contributed by atoms with Gasteiger partial charge >= 0.3 is 6.18 Å². The topological polar surface area (TPSA) is 35.6 Å². The molecule has 2 unspecified atom stereocenters. The summed E-state index contributed by atoms with van der Waals surface area (Å²) in [6.07, 6.45) is -2.42. The number of amides is 1. The Bertz CT molecular complexity index is 824. The molecular formula is C23H28F3N3O. The number of hydrogen-bond acceptors (Lipinski definition) is 3. The molecule has 0 radical (unpaired) electrons. The Hall–Kier alpha value is -2.54. The van der Waals surface area contributed by atoms with Crippen molar-refractivity contribution >= 4 is 11.6 Å². The average molecular weight is 419 g/mol. The molecule has 1 aliphatic rings. The molecule has 0 saturated carbocycles. The number of anilines is 1. The lowest BCUT2D eigenvalue weighted by molar-refractivity contribution is -0.137. The Morgan fingerprint density at radius 2 is 1.80 bits per heavy atom. The molecule has 1 aliphatic heterocycles. The molecular weight excluding hydrogens is 391 g/mol. The summed E-state index contributed by atoms with van der Waals surface area (Å²) in [6.45, 7) is 1.63. The van der Waals surface area contributed by atoms with Gasteiger partial charge in [-0.25, -0.2) is 0 Å². The van der Waals surface area contributed by atoms with E-state index in [2.05, 4.69) is 10.2 Å². The van der Waals surface area contributed by atoms with Crippen molar-refractivity contribution in [3.63, 3.8) is 0 Å². The SMILES string of the molecule is CN(CC(=O)NCC1CCCN(C)C1c1ccc(C(F)(F)F)cc1)c1ccccc1. The predicted molar refractivity (Wildman–Crippen MR) is 112 cm³/mol. The zero-order chi connectivity index (χ0) is 21.7. The Labute approximate surface area is 175 Å². The highest BCUT2D eigenvalue weighted by molar-refractivity contribution is 5.81. The zero-order valence-electron chi connectivity index (χ0n) is 17.3. The predicted octanol–water partition coefficient (Wildman–Crippen LogP) is 4.34. The van der Waals surface area contributed by atoms with Crippen molar-refractivity contribution in [2.75, 3.05) is 38.6 Å². The number of likely N-dealkylation sites (tertiary alicyclic amines) is 1. The van der Waals surface area contributed by atoms with Crippen molar-refractivity contribution < 1.29 is 18.0 Å². The molecule has 2 atom stereocenters. The minimum absolute atomic E-state index is 0.0202. The van der Waals surface area contributed by atoms with Crippen molar-refractivity contribution in [3.8, 4) is 0 Å². The van der Waals surface area contributed by atoms with Crippen molar-refractivity contribution in [3.05, 3.63) is 65.7 Å². The number of para-hydroxylation sites is 1. The molecule has 1 N–H and O–H groups in total. The number of likely N-dealkylation sites (N-methyl/N-ethyl adjacent to an activating group) is 1. The van der Waals surface area contributed by atoms with Crippen LogP contribution in [-0.2, 0) is 11.0 Å². The number of piperidine rings is 1. The zero-order valence-corrected chi connectivity index (χ0v) is 17.3. The highest BCUT2D eigenvalue weighted by Gasteiger charge is 2.33. The molecule has 1 amide bonds. The monoisotopic (exact) mass is 419 g/mol. The van der Waals surface area contributed by atoms with Gasteiger partial charge in [-0.3, -0.25) is 9.69 Å². The fourth-order valence-corrected chi connectivity index (χ4v) is 4.16. The van der Waals surface area contributed by atoms with Gasteiger partial charge in [0.15, 0.2) is 0 Å². The Balaban J connectivity index is 1.63. The van der Waals surface area contributed by atoms with Crippen molar-refractivity contribution in [2.45, 2.75) is 25.1 Å². The summed E-state index contributed by atoms with van der Waals surface area (Å²) in [5.41, 5.74) is 1.18. The van der Waals surface area contributed by atoms with E-state index in [1.165, 1.54) is 0 Å². The van der Waals surface area contributed by atoms with Gasteiger partial charge < -0.3 is 10.2 Å². The van der Waals surface area contributed by atoms with Crippen LogP contribution in [0, 0.1) is 5.92 Å². The van der Waals surface area contributed by atoms with Crippen LogP contribution in [0.1, 0.15) is 30.0 Å². The first-order valence-electron chi connectivity index (χ1n) is 10.2. The molecule has 0 aliphatic carbocycles. The molecule has 1 heterocycles. The normalized spacial score (nSPS) is 20.0. The maximum absolute atomic E-state index is 12.9. The molecule has 7 heteroatoms. The number of carbonyl (C=O) groups excluding carboxylic acids is 1. The first-order chi connectivity index (χ1) is 14.3.